The first-order chi connectivity index (χ1) is 15.4. The standard InChI is InChI=1S/C24H27N3O4S/c1-17-15-26(16-28)23-14-20(6-9-22(23)27(17)24(29)19-2-3-19)18-4-7-21(8-5-18)25-10-12-32(30,31)13-11-25/h4-9,14,16-17,19H,2-3,10-13,15H2,1H3/t17-/m0/s1. The van der Waals surface area contributed by atoms with Crippen molar-refractivity contribution in [2.75, 3.05) is 45.8 Å². The molecule has 0 radical (unpaired) electrons. The van der Waals surface area contributed by atoms with Gasteiger partial charge in [-0.05, 0) is 55.2 Å². The summed E-state index contributed by atoms with van der Waals surface area (Å²) in [5.41, 5.74) is 4.53. The Labute approximate surface area is 188 Å². The number of fused-ring (bicyclic) bond motifs is 1. The summed E-state index contributed by atoms with van der Waals surface area (Å²) in [6.45, 7) is 3.49. The molecule has 1 saturated heterocycles. The molecule has 5 rings (SSSR count). The molecule has 7 nitrogen and oxygen atoms in total. The predicted octanol–water partition coefficient (Wildman–Crippen LogP) is 2.70. The van der Waals surface area contributed by atoms with E-state index in [-0.39, 0.29) is 29.4 Å². The summed E-state index contributed by atoms with van der Waals surface area (Å²) in [5.74, 6) is 0.653. The molecule has 2 aromatic carbocycles. The van der Waals surface area contributed by atoms with Gasteiger partial charge in [0.2, 0.25) is 12.3 Å². The second-order valence-electron chi connectivity index (χ2n) is 8.98. The fourth-order valence-electron chi connectivity index (χ4n) is 4.64. The number of hydrogen-bond acceptors (Lipinski definition) is 5. The molecule has 8 heteroatoms. The predicted molar refractivity (Wildman–Crippen MR) is 126 cm³/mol. The van der Waals surface area contributed by atoms with Gasteiger partial charge in [0, 0.05) is 31.2 Å². The maximum atomic E-state index is 12.9. The number of amides is 2. The molecule has 1 aliphatic carbocycles. The van der Waals surface area contributed by atoms with E-state index in [0.717, 1.165) is 47.4 Å². The van der Waals surface area contributed by atoms with E-state index in [1.807, 2.05) is 54.3 Å². The van der Waals surface area contributed by atoms with Gasteiger partial charge in [0.1, 0.15) is 0 Å². The molecule has 1 saturated carbocycles. The Morgan fingerprint density at radius 1 is 0.969 bits per heavy atom. The van der Waals surface area contributed by atoms with Crippen molar-refractivity contribution in [2.24, 2.45) is 5.92 Å². The SMILES string of the molecule is C[C@H]1CN(C=O)c2cc(-c3ccc(N4CCS(=O)(=O)CC4)cc3)ccc2N1C(=O)C1CC1. The Morgan fingerprint density at radius 3 is 2.25 bits per heavy atom. The van der Waals surface area contributed by atoms with Crippen LogP contribution in [-0.4, -0.2) is 57.9 Å². The molecule has 0 aromatic heterocycles. The second kappa shape index (κ2) is 7.92. The Bertz CT molecular complexity index is 1140. The molecule has 2 aromatic rings. The number of carbonyl (C=O) groups excluding carboxylic acids is 2. The summed E-state index contributed by atoms with van der Waals surface area (Å²) in [4.78, 5) is 30.3. The maximum absolute atomic E-state index is 12.9. The molecule has 0 N–H and O–H groups in total. The van der Waals surface area contributed by atoms with Crippen LogP contribution in [0, 0.1) is 5.92 Å². The zero-order valence-corrected chi connectivity index (χ0v) is 18.9. The average molecular weight is 454 g/mol. The number of rotatable bonds is 4. The number of carbonyl (C=O) groups is 2. The van der Waals surface area contributed by atoms with Gasteiger partial charge in [0.15, 0.2) is 9.84 Å². The molecule has 2 amide bonds. The van der Waals surface area contributed by atoms with Gasteiger partial charge in [-0.1, -0.05) is 18.2 Å². The number of nitrogens with zero attached hydrogens (tertiary/aromatic N) is 3. The third kappa shape index (κ3) is 3.88. The maximum Gasteiger partial charge on any atom is 0.230 e. The van der Waals surface area contributed by atoms with Crippen molar-refractivity contribution < 1.29 is 18.0 Å². The third-order valence-electron chi connectivity index (χ3n) is 6.65. The second-order valence-corrected chi connectivity index (χ2v) is 11.3. The third-order valence-corrected chi connectivity index (χ3v) is 8.26. The monoisotopic (exact) mass is 453 g/mol. The first-order valence-corrected chi connectivity index (χ1v) is 12.9. The molecular formula is C24H27N3O4S. The van der Waals surface area contributed by atoms with E-state index in [4.69, 9.17) is 0 Å². The Hall–Kier alpha value is -2.87. The van der Waals surface area contributed by atoms with Crippen molar-refractivity contribution in [3.8, 4) is 11.1 Å². The van der Waals surface area contributed by atoms with E-state index in [1.54, 1.807) is 4.90 Å². The summed E-state index contributed by atoms with van der Waals surface area (Å²) in [5, 5.41) is 0. The minimum absolute atomic E-state index is 0.0562. The van der Waals surface area contributed by atoms with Crippen LogP contribution in [0.5, 0.6) is 0 Å². The minimum Gasteiger partial charge on any atom is -0.369 e. The summed E-state index contributed by atoms with van der Waals surface area (Å²) >= 11 is 0. The Kier molecular flexibility index (Phi) is 5.20. The summed E-state index contributed by atoms with van der Waals surface area (Å²) in [6.07, 6.45) is 2.73. The lowest BCUT2D eigenvalue weighted by Gasteiger charge is -2.40. The average Bonchev–Trinajstić information content (AvgIpc) is 3.64. The zero-order chi connectivity index (χ0) is 22.5. The van der Waals surface area contributed by atoms with Crippen LogP contribution in [0.4, 0.5) is 17.1 Å². The molecule has 2 heterocycles. The van der Waals surface area contributed by atoms with Gasteiger partial charge in [-0.25, -0.2) is 8.42 Å². The number of anilines is 3. The van der Waals surface area contributed by atoms with Crippen molar-refractivity contribution in [3.63, 3.8) is 0 Å². The molecule has 0 bridgehead atoms. The van der Waals surface area contributed by atoms with Crippen molar-refractivity contribution in [1.29, 1.82) is 0 Å². The van der Waals surface area contributed by atoms with Crippen molar-refractivity contribution in [3.05, 3.63) is 42.5 Å². The van der Waals surface area contributed by atoms with Crippen LogP contribution < -0.4 is 14.7 Å². The number of sulfone groups is 1. The first kappa shape index (κ1) is 21.0. The van der Waals surface area contributed by atoms with Gasteiger partial charge in [-0.3, -0.25) is 9.59 Å². The van der Waals surface area contributed by atoms with Crippen LogP contribution in [0.15, 0.2) is 42.5 Å². The van der Waals surface area contributed by atoms with Crippen LogP contribution in [0.1, 0.15) is 19.8 Å². The molecular weight excluding hydrogens is 426 g/mol. The number of benzene rings is 2. The highest BCUT2D eigenvalue weighted by Gasteiger charge is 2.39. The zero-order valence-electron chi connectivity index (χ0n) is 18.1. The normalized spacial score (nSPS) is 22.4. The largest absolute Gasteiger partial charge is 0.369 e. The smallest absolute Gasteiger partial charge is 0.230 e. The van der Waals surface area contributed by atoms with Crippen molar-refractivity contribution in [1.82, 2.24) is 0 Å². The fourth-order valence-corrected chi connectivity index (χ4v) is 5.84. The van der Waals surface area contributed by atoms with Gasteiger partial charge in [0.05, 0.1) is 28.9 Å². The van der Waals surface area contributed by atoms with Gasteiger partial charge in [0.25, 0.3) is 0 Å². The van der Waals surface area contributed by atoms with E-state index < -0.39 is 9.84 Å². The van der Waals surface area contributed by atoms with Crippen LogP contribution in [0.25, 0.3) is 11.1 Å². The minimum atomic E-state index is -2.91. The van der Waals surface area contributed by atoms with Crippen LogP contribution in [0.3, 0.4) is 0 Å². The van der Waals surface area contributed by atoms with E-state index in [9.17, 15) is 18.0 Å². The first-order valence-electron chi connectivity index (χ1n) is 11.1. The molecule has 3 aliphatic rings. The Morgan fingerprint density at radius 2 is 1.62 bits per heavy atom. The summed E-state index contributed by atoms with van der Waals surface area (Å²) in [6, 6.07) is 13.9. The lowest BCUT2D eigenvalue weighted by molar-refractivity contribution is -0.120. The van der Waals surface area contributed by atoms with E-state index in [1.165, 1.54) is 0 Å². The highest BCUT2D eigenvalue weighted by atomic mass is 32.2. The molecule has 32 heavy (non-hydrogen) atoms. The van der Waals surface area contributed by atoms with Gasteiger partial charge < -0.3 is 14.7 Å². The highest BCUT2D eigenvalue weighted by molar-refractivity contribution is 7.91. The lowest BCUT2D eigenvalue weighted by atomic mass is 10.00. The van der Waals surface area contributed by atoms with Crippen LogP contribution >= 0.6 is 0 Å². The van der Waals surface area contributed by atoms with Gasteiger partial charge in [-0.15, -0.1) is 0 Å². The van der Waals surface area contributed by atoms with Crippen molar-refractivity contribution >= 4 is 39.2 Å². The van der Waals surface area contributed by atoms with Crippen LogP contribution in [-0.2, 0) is 19.4 Å². The summed E-state index contributed by atoms with van der Waals surface area (Å²) in [7, 11) is -2.91. The van der Waals surface area contributed by atoms with Crippen LogP contribution in [0.2, 0.25) is 0 Å². The van der Waals surface area contributed by atoms with E-state index >= 15 is 0 Å². The van der Waals surface area contributed by atoms with Crippen molar-refractivity contribution in [2.45, 2.75) is 25.8 Å². The van der Waals surface area contributed by atoms with Gasteiger partial charge in [-0.2, -0.15) is 0 Å². The molecule has 1 atom stereocenters. The molecule has 0 spiro atoms. The van der Waals surface area contributed by atoms with E-state index in [0.29, 0.717) is 19.6 Å². The highest BCUT2D eigenvalue weighted by Crippen LogP contribution is 2.41. The van der Waals surface area contributed by atoms with E-state index in [2.05, 4.69) is 4.90 Å². The molecule has 168 valence electrons. The topological polar surface area (TPSA) is 78.0 Å². The number of hydrogen-bond donors (Lipinski definition) is 0. The lowest BCUT2D eigenvalue weighted by Crippen LogP contribution is -2.50. The quantitative estimate of drug-likeness (QED) is 0.666. The molecule has 2 fully saturated rings. The molecule has 2 aliphatic heterocycles. The van der Waals surface area contributed by atoms with Gasteiger partial charge >= 0.3 is 0 Å². The Balaban J connectivity index is 1.42. The molecule has 0 unspecified atom stereocenters. The summed E-state index contributed by atoms with van der Waals surface area (Å²) < 4.78 is 23.4. The fraction of sp³-hybridized carbons (Fsp3) is 0.417.